The molecule has 0 amide bonds. The van der Waals surface area contributed by atoms with E-state index in [0.29, 0.717) is 17.8 Å². The number of hydrogen-bond donors (Lipinski definition) is 3. The van der Waals surface area contributed by atoms with Crippen molar-refractivity contribution in [1.29, 1.82) is 0 Å². The van der Waals surface area contributed by atoms with Gasteiger partial charge in [0.1, 0.15) is 5.65 Å². The number of fused-ring (bicyclic) bond motifs is 3. The van der Waals surface area contributed by atoms with Gasteiger partial charge in [-0.15, -0.1) is 0 Å². The fraction of sp³-hybridized carbons (Fsp3) is 0.611. The number of aliphatic hydroxyl groups is 1. The maximum absolute atomic E-state index is 10.5. The molecule has 121 valence electrons. The van der Waals surface area contributed by atoms with E-state index in [-0.39, 0.29) is 0 Å². The number of pyridine rings is 1. The van der Waals surface area contributed by atoms with Gasteiger partial charge < -0.3 is 15.1 Å². The Morgan fingerprint density at radius 1 is 1.39 bits per heavy atom. The first kappa shape index (κ1) is 15.2. The second kappa shape index (κ2) is 5.64. The van der Waals surface area contributed by atoms with Crippen LogP contribution in [-0.4, -0.2) is 33.2 Å². The monoisotopic (exact) mass is 311 g/mol. The molecule has 3 N–H and O–H groups in total. The molecule has 4 rings (SSSR count). The van der Waals surface area contributed by atoms with Crippen LogP contribution in [0.4, 0.5) is 0 Å². The SMILES string of the molecule is CC1(O)CC2CCC(Cc3c([B]O)cnc4[nH]ccc34)C(C2)C1. The van der Waals surface area contributed by atoms with Crippen molar-refractivity contribution < 1.29 is 10.1 Å². The maximum Gasteiger partial charge on any atom is 0.328 e. The summed E-state index contributed by atoms with van der Waals surface area (Å²) >= 11 is 0. The molecule has 2 heterocycles. The summed E-state index contributed by atoms with van der Waals surface area (Å²) in [5.41, 5.74) is 2.39. The van der Waals surface area contributed by atoms with Crippen LogP contribution in [0.2, 0.25) is 0 Å². The zero-order chi connectivity index (χ0) is 16.0. The molecule has 5 heteroatoms. The minimum absolute atomic E-state index is 0.500. The van der Waals surface area contributed by atoms with Gasteiger partial charge in [0.15, 0.2) is 0 Å². The van der Waals surface area contributed by atoms with Crippen LogP contribution in [-0.2, 0) is 6.42 Å². The number of hydrogen-bond acceptors (Lipinski definition) is 3. The van der Waals surface area contributed by atoms with Crippen LogP contribution in [0.3, 0.4) is 0 Å². The van der Waals surface area contributed by atoms with Crippen molar-refractivity contribution in [2.45, 2.75) is 51.0 Å². The first-order chi connectivity index (χ1) is 11.1. The van der Waals surface area contributed by atoms with Gasteiger partial charge in [0.05, 0.1) is 5.60 Å². The molecule has 4 nitrogen and oxygen atoms in total. The van der Waals surface area contributed by atoms with E-state index in [2.05, 4.69) is 9.97 Å². The van der Waals surface area contributed by atoms with E-state index in [1.165, 1.54) is 32.3 Å². The maximum atomic E-state index is 10.5. The lowest BCUT2D eigenvalue weighted by molar-refractivity contribution is -0.0540. The number of aromatic amines is 1. The molecule has 2 bridgehead atoms. The Morgan fingerprint density at radius 2 is 2.26 bits per heavy atom. The highest BCUT2D eigenvalue weighted by molar-refractivity contribution is 6.46. The molecule has 0 saturated heterocycles. The Morgan fingerprint density at radius 3 is 3.09 bits per heavy atom. The Kier molecular flexibility index (Phi) is 3.73. The molecule has 0 spiro atoms. The molecule has 4 atom stereocenters. The van der Waals surface area contributed by atoms with Gasteiger partial charge in [0, 0.05) is 17.8 Å². The van der Waals surface area contributed by atoms with Crippen LogP contribution in [0.1, 0.15) is 44.6 Å². The summed E-state index contributed by atoms with van der Waals surface area (Å²) in [4.78, 5) is 7.52. The molecule has 0 aromatic carbocycles. The Hall–Kier alpha value is -1.33. The van der Waals surface area contributed by atoms with Crippen LogP contribution < -0.4 is 5.46 Å². The summed E-state index contributed by atoms with van der Waals surface area (Å²) in [5, 5.41) is 21.2. The van der Waals surface area contributed by atoms with Crippen LogP contribution in [0.5, 0.6) is 0 Å². The summed E-state index contributed by atoms with van der Waals surface area (Å²) in [6.07, 6.45) is 10.2. The predicted octanol–water partition coefficient (Wildman–Crippen LogP) is 1.92. The Bertz CT molecular complexity index is 712. The lowest BCUT2D eigenvalue weighted by Crippen LogP contribution is -2.42. The van der Waals surface area contributed by atoms with Crippen molar-refractivity contribution >= 4 is 24.0 Å². The fourth-order valence-corrected chi connectivity index (χ4v) is 5.08. The van der Waals surface area contributed by atoms with Gasteiger partial charge in [-0.05, 0) is 73.9 Å². The zero-order valence-electron chi connectivity index (χ0n) is 13.6. The van der Waals surface area contributed by atoms with Crippen LogP contribution in [0.25, 0.3) is 11.0 Å². The molecule has 4 unspecified atom stereocenters. The fourth-order valence-electron chi connectivity index (χ4n) is 5.08. The third-order valence-electron chi connectivity index (χ3n) is 6.02. The van der Waals surface area contributed by atoms with Gasteiger partial charge in [0.2, 0.25) is 0 Å². The van der Waals surface area contributed by atoms with E-state index >= 15 is 0 Å². The van der Waals surface area contributed by atoms with Crippen LogP contribution in [0, 0.1) is 17.8 Å². The average Bonchev–Trinajstić information content (AvgIpc) is 2.97. The molecule has 2 aliphatic rings. The zero-order valence-corrected chi connectivity index (χ0v) is 13.6. The largest absolute Gasteiger partial charge is 0.450 e. The van der Waals surface area contributed by atoms with Crippen LogP contribution in [0.15, 0.2) is 18.5 Å². The lowest BCUT2D eigenvalue weighted by Gasteiger charge is -2.46. The highest BCUT2D eigenvalue weighted by Gasteiger charge is 2.42. The number of aromatic nitrogens is 2. The molecule has 2 aromatic rings. The molecule has 23 heavy (non-hydrogen) atoms. The van der Waals surface area contributed by atoms with Crippen molar-refractivity contribution in [3.05, 3.63) is 24.0 Å². The highest BCUT2D eigenvalue weighted by Crippen LogP contribution is 2.48. The third-order valence-corrected chi connectivity index (χ3v) is 6.02. The molecule has 2 aliphatic carbocycles. The Labute approximate surface area is 137 Å². The third kappa shape index (κ3) is 2.81. The van der Waals surface area contributed by atoms with Crippen molar-refractivity contribution in [2.75, 3.05) is 0 Å². The van der Waals surface area contributed by atoms with Crippen molar-refractivity contribution in [2.24, 2.45) is 17.8 Å². The van der Waals surface area contributed by atoms with Gasteiger partial charge in [-0.3, -0.25) is 0 Å². The van der Waals surface area contributed by atoms with Crippen molar-refractivity contribution in [1.82, 2.24) is 9.97 Å². The first-order valence-electron chi connectivity index (χ1n) is 8.70. The van der Waals surface area contributed by atoms with Gasteiger partial charge in [-0.2, -0.15) is 0 Å². The van der Waals surface area contributed by atoms with E-state index in [4.69, 9.17) is 0 Å². The van der Waals surface area contributed by atoms with Crippen molar-refractivity contribution in [3.8, 4) is 0 Å². The normalized spacial score (nSPS) is 33.8. The minimum Gasteiger partial charge on any atom is -0.450 e. The quantitative estimate of drug-likeness (QED) is 0.759. The second-order valence-corrected chi connectivity index (χ2v) is 7.87. The highest BCUT2D eigenvalue weighted by atomic mass is 16.3. The van der Waals surface area contributed by atoms with Gasteiger partial charge in [-0.25, -0.2) is 4.98 Å². The molecule has 2 saturated carbocycles. The first-order valence-corrected chi connectivity index (χ1v) is 8.70. The molecule has 1 radical (unpaired) electrons. The van der Waals surface area contributed by atoms with E-state index < -0.39 is 5.60 Å². The van der Waals surface area contributed by atoms with Gasteiger partial charge in [0.25, 0.3) is 0 Å². The molecule has 0 aliphatic heterocycles. The summed E-state index contributed by atoms with van der Waals surface area (Å²) in [6.45, 7) is 2.00. The Balaban J connectivity index is 1.64. The predicted molar refractivity (Wildman–Crippen MR) is 91.6 cm³/mol. The lowest BCUT2D eigenvalue weighted by atomic mass is 9.61. The smallest absolute Gasteiger partial charge is 0.328 e. The van der Waals surface area contributed by atoms with E-state index in [9.17, 15) is 10.1 Å². The van der Waals surface area contributed by atoms with Gasteiger partial charge >= 0.3 is 7.48 Å². The average molecular weight is 311 g/mol. The number of rotatable bonds is 3. The van der Waals surface area contributed by atoms with E-state index in [1.807, 2.05) is 19.2 Å². The van der Waals surface area contributed by atoms with Gasteiger partial charge in [-0.1, -0.05) is 6.42 Å². The molecular formula is C18H24BN2O2. The summed E-state index contributed by atoms with van der Waals surface area (Å²) in [7, 11) is 1.18. The molecular weight excluding hydrogens is 287 g/mol. The van der Waals surface area contributed by atoms with E-state index in [1.54, 1.807) is 6.20 Å². The standard InChI is InChI=1S/C18H24BN2O2/c1-18(22)8-11-2-3-12(13(6-11)9-18)7-15-14-4-5-20-17(14)21-10-16(15)19-23/h4-5,10-13,22-23H,2-3,6-9H2,1H3,(H,20,21). The topological polar surface area (TPSA) is 69.1 Å². The van der Waals surface area contributed by atoms with Crippen molar-refractivity contribution in [3.63, 3.8) is 0 Å². The number of H-pyrrole nitrogens is 1. The number of nitrogens with zero attached hydrogens (tertiary/aromatic N) is 1. The summed E-state index contributed by atoms with van der Waals surface area (Å²) in [5.74, 6) is 1.86. The van der Waals surface area contributed by atoms with Crippen LogP contribution >= 0.6 is 0 Å². The molecule has 2 aromatic heterocycles. The van der Waals surface area contributed by atoms with E-state index in [0.717, 1.165) is 35.8 Å². The second-order valence-electron chi connectivity index (χ2n) is 7.87. The number of nitrogens with one attached hydrogen (secondary N) is 1. The summed E-state index contributed by atoms with van der Waals surface area (Å²) < 4.78 is 0. The summed E-state index contributed by atoms with van der Waals surface area (Å²) in [6, 6.07) is 2.05. The minimum atomic E-state index is -0.500. The molecule has 2 fully saturated rings.